The van der Waals surface area contributed by atoms with Gasteiger partial charge in [-0.05, 0) is 24.3 Å². The Morgan fingerprint density at radius 1 is 0.600 bits per heavy atom. The largest absolute Gasteiger partial charge is 0.414 e. The average molecular weight is 416 g/mol. The van der Waals surface area contributed by atoms with Crippen LogP contribution >= 0.6 is 0 Å². The summed E-state index contributed by atoms with van der Waals surface area (Å²) in [6.45, 7) is 0. The van der Waals surface area contributed by atoms with Crippen LogP contribution in [0.2, 0.25) is 0 Å². The molecular weight excluding hydrogens is 396 g/mol. The van der Waals surface area contributed by atoms with Gasteiger partial charge in [0.25, 0.3) is 0 Å². The molecule has 2 aromatic rings. The van der Waals surface area contributed by atoms with Gasteiger partial charge in [-0.2, -0.15) is 0 Å². The second-order valence-corrected chi connectivity index (χ2v) is 6.26. The zero-order valence-electron chi connectivity index (χ0n) is 16.8. The molecule has 0 atom stereocenters. The predicted octanol–water partition coefficient (Wildman–Crippen LogP) is 2.74. The first-order chi connectivity index (χ1) is 14.2. The molecule has 0 saturated heterocycles. The van der Waals surface area contributed by atoms with Gasteiger partial charge in [0, 0.05) is 28.2 Å². The third-order valence-corrected chi connectivity index (χ3v) is 3.53. The van der Waals surface area contributed by atoms with E-state index in [9.17, 15) is 19.2 Å². The number of carbonyl (C=O) groups excluding carboxylic acids is 4. The van der Waals surface area contributed by atoms with Gasteiger partial charge in [-0.1, -0.05) is 24.3 Å². The fourth-order valence-electron chi connectivity index (χ4n) is 1.98. The molecule has 0 spiro atoms. The predicted molar refractivity (Wildman–Crippen MR) is 103 cm³/mol. The van der Waals surface area contributed by atoms with Crippen molar-refractivity contribution in [1.82, 2.24) is 9.80 Å². The first-order valence-corrected chi connectivity index (χ1v) is 8.60. The molecule has 10 nitrogen and oxygen atoms in total. The van der Waals surface area contributed by atoms with Crippen molar-refractivity contribution < 1.29 is 38.4 Å². The van der Waals surface area contributed by atoms with E-state index in [1.165, 1.54) is 74.4 Å². The molecule has 158 valence electrons. The Balaban J connectivity index is 2.10. The number of amides is 2. The Hall–Kier alpha value is -4.08. The fourth-order valence-corrected chi connectivity index (χ4v) is 1.98. The van der Waals surface area contributed by atoms with Crippen molar-refractivity contribution in [3.05, 3.63) is 59.7 Å². The number of carbonyl (C=O) groups is 4. The number of para-hydroxylation sites is 2. The lowest BCUT2D eigenvalue weighted by Gasteiger charge is -2.13. The lowest BCUT2D eigenvalue weighted by Crippen LogP contribution is -2.26. The minimum atomic E-state index is -1.06. The molecule has 0 N–H and O–H groups in total. The maximum atomic E-state index is 12.3. The van der Waals surface area contributed by atoms with Crippen LogP contribution in [-0.2, 0) is 9.78 Å². The molecule has 0 unspecified atom stereocenters. The van der Waals surface area contributed by atoms with Crippen molar-refractivity contribution >= 4 is 24.1 Å². The standard InChI is InChI=1S/C20H20N2O8/c1-21(2)19(25)27-15-11-7-5-9-13(15)17(23)29-30-18(24)14-10-6-8-12-16(14)28-20(26)22(3)4/h5-12H,1-4H3. The Morgan fingerprint density at radius 3 is 1.27 bits per heavy atom. The SMILES string of the molecule is CN(C)C(=O)Oc1ccccc1C(=O)OOC(=O)c1ccccc1OC(=O)N(C)C. The Labute approximate surface area is 172 Å². The van der Waals surface area contributed by atoms with E-state index in [4.69, 9.17) is 9.47 Å². The first kappa shape index (κ1) is 22.2. The van der Waals surface area contributed by atoms with Crippen molar-refractivity contribution in [3.8, 4) is 11.5 Å². The molecule has 0 saturated carbocycles. The van der Waals surface area contributed by atoms with Gasteiger partial charge in [-0.15, -0.1) is 0 Å². The van der Waals surface area contributed by atoms with E-state index in [0.29, 0.717) is 0 Å². The van der Waals surface area contributed by atoms with Gasteiger partial charge in [-0.25, -0.2) is 29.0 Å². The quantitative estimate of drug-likeness (QED) is 0.552. The number of hydrogen-bond acceptors (Lipinski definition) is 8. The Bertz CT molecular complexity index is 878. The summed E-state index contributed by atoms with van der Waals surface area (Å²) in [6, 6.07) is 11.6. The van der Waals surface area contributed by atoms with Crippen molar-refractivity contribution in [3.63, 3.8) is 0 Å². The van der Waals surface area contributed by atoms with E-state index < -0.39 is 24.1 Å². The highest BCUT2D eigenvalue weighted by atomic mass is 17.2. The van der Waals surface area contributed by atoms with Crippen molar-refractivity contribution in [2.45, 2.75) is 0 Å². The second-order valence-electron chi connectivity index (χ2n) is 6.26. The highest BCUT2D eigenvalue weighted by Crippen LogP contribution is 2.22. The number of benzene rings is 2. The molecule has 0 aliphatic heterocycles. The summed E-state index contributed by atoms with van der Waals surface area (Å²) in [4.78, 5) is 59.6. The first-order valence-electron chi connectivity index (χ1n) is 8.60. The second kappa shape index (κ2) is 9.92. The monoisotopic (exact) mass is 416 g/mol. The summed E-state index contributed by atoms with van der Waals surface area (Å²) < 4.78 is 10.2. The maximum absolute atomic E-state index is 12.3. The van der Waals surface area contributed by atoms with Gasteiger partial charge in [-0.3, -0.25) is 0 Å². The molecule has 0 fully saturated rings. The van der Waals surface area contributed by atoms with E-state index in [0.717, 1.165) is 0 Å². The zero-order chi connectivity index (χ0) is 22.3. The van der Waals surface area contributed by atoms with E-state index in [2.05, 4.69) is 9.78 Å². The van der Waals surface area contributed by atoms with Crippen LogP contribution in [0.25, 0.3) is 0 Å². The topological polar surface area (TPSA) is 112 Å². The van der Waals surface area contributed by atoms with Gasteiger partial charge in [0.2, 0.25) is 0 Å². The normalized spacial score (nSPS) is 9.87. The Morgan fingerprint density at radius 2 is 0.933 bits per heavy atom. The highest BCUT2D eigenvalue weighted by molar-refractivity contribution is 5.96. The molecule has 30 heavy (non-hydrogen) atoms. The molecule has 0 radical (unpaired) electrons. The Kier molecular flexibility index (Phi) is 7.34. The van der Waals surface area contributed by atoms with Crippen LogP contribution in [0.15, 0.2) is 48.5 Å². The molecule has 0 bridgehead atoms. The third-order valence-electron chi connectivity index (χ3n) is 3.53. The van der Waals surface area contributed by atoms with Crippen molar-refractivity contribution in [2.75, 3.05) is 28.2 Å². The molecule has 0 aliphatic carbocycles. The van der Waals surface area contributed by atoms with E-state index >= 15 is 0 Å². The smallest absolute Gasteiger partial charge is 0.409 e. The van der Waals surface area contributed by atoms with Crippen LogP contribution in [-0.4, -0.2) is 62.1 Å². The van der Waals surface area contributed by atoms with E-state index in [1.54, 1.807) is 12.1 Å². The maximum Gasteiger partial charge on any atom is 0.414 e. The van der Waals surface area contributed by atoms with Gasteiger partial charge in [0.1, 0.15) is 22.6 Å². The van der Waals surface area contributed by atoms with Crippen LogP contribution in [0.3, 0.4) is 0 Å². The molecule has 0 aromatic heterocycles. The molecule has 2 amide bonds. The van der Waals surface area contributed by atoms with Crippen molar-refractivity contribution in [2.24, 2.45) is 0 Å². The van der Waals surface area contributed by atoms with Crippen molar-refractivity contribution in [1.29, 1.82) is 0 Å². The minimum absolute atomic E-state index is 0.0717. The molecule has 10 heteroatoms. The molecule has 0 aliphatic rings. The fraction of sp³-hybridized carbons (Fsp3) is 0.200. The van der Waals surface area contributed by atoms with E-state index in [-0.39, 0.29) is 22.6 Å². The molecule has 2 rings (SSSR count). The van der Waals surface area contributed by atoms with Crippen LogP contribution < -0.4 is 9.47 Å². The van der Waals surface area contributed by atoms with Gasteiger partial charge in [0.05, 0.1) is 0 Å². The number of nitrogens with zero attached hydrogens (tertiary/aromatic N) is 2. The third kappa shape index (κ3) is 5.71. The molecular formula is C20H20N2O8. The summed E-state index contributed by atoms with van der Waals surface area (Å²) >= 11 is 0. The number of rotatable bonds is 4. The average Bonchev–Trinajstić information content (AvgIpc) is 2.72. The summed E-state index contributed by atoms with van der Waals surface area (Å²) in [6.07, 6.45) is -1.41. The van der Waals surface area contributed by atoms with Crippen LogP contribution in [0.5, 0.6) is 11.5 Å². The number of ether oxygens (including phenoxy) is 2. The van der Waals surface area contributed by atoms with Crippen LogP contribution in [0, 0.1) is 0 Å². The molecule has 2 aromatic carbocycles. The summed E-state index contributed by atoms with van der Waals surface area (Å²) in [5.41, 5.74) is -0.263. The van der Waals surface area contributed by atoms with Gasteiger partial charge < -0.3 is 19.3 Å². The summed E-state index contributed by atoms with van der Waals surface area (Å²) in [7, 11) is 5.91. The highest BCUT2D eigenvalue weighted by Gasteiger charge is 2.22. The lowest BCUT2D eigenvalue weighted by atomic mass is 10.2. The van der Waals surface area contributed by atoms with Crippen LogP contribution in [0.4, 0.5) is 9.59 Å². The van der Waals surface area contributed by atoms with Gasteiger partial charge in [0.15, 0.2) is 0 Å². The lowest BCUT2D eigenvalue weighted by molar-refractivity contribution is -0.187. The minimum Gasteiger partial charge on any atom is -0.409 e. The summed E-state index contributed by atoms with van der Waals surface area (Å²) in [5.74, 6) is -2.27. The van der Waals surface area contributed by atoms with Crippen LogP contribution in [0.1, 0.15) is 20.7 Å². The van der Waals surface area contributed by atoms with E-state index in [1.807, 2.05) is 0 Å². The summed E-state index contributed by atoms with van der Waals surface area (Å²) in [5, 5.41) is 0. The number of hydrogen-bond donors (Lipinski definition) is 0. The zero-order valence-corrected chi connectivity index (χ0v) is 16.8. The van der Waals surface area contributed by atoms with Gasteiger partial charge >= 0.3 is 24.1 Å². The molecule has 0 heterocycles.